The van der Waals surface area contributed by atoms with E-state index in [1.54, 1.807) is 0 Å². The molecule has 0 atom stereocenters. The normalized spacial score (nSPS) is 23.1. The van der Waals surface area contributed by atoms with Crippen LogP contribution in [0, 0.1) is 5.41 Å². The molecule has 0 aromatic carbocycles. The SMILES string of the molecule is CCCC1(C(=O)O)CCN(CC(=O)NC2CCCC2)CC1. The Balaban J connectivity index is 1.77. The Hall–Kier alpha value is -1.10. The second kappa shape index (κ2) is 7.25. The third kappa shape index (κ3) is 4.19. The third-order valence-electron chi connectivity index (χ3n) is 5.08. The van der Waals surface area contributed by atoms with E-state index in [2.05, 4.69) is 10.2 Å². The van der Waals surface area contributed by atoms with E-state index in [9.17, 15) is 14.7 Å². The number of hydrogen-bond donors (Lipinski definition) is 2. The van der Waals surface area contributed by atoms with Crippen LogP contribution in [0.1, 0.15) is 58.3 Å². The summed E-state index contributed by atoms with van der Waals surface area (Å²) in [6, 6.07) is 0.362. The minimum atomic E-state index is -0.667. The highest BCUT2D eigenvalue weighted by atomic mass is 16.4. The number of rotatable bonds is 6. The quantitative estimate of drug-likeness (QED) is 0.786. The Bertz CT molecular complexity index is 370. The van der Waals surface area contributed by atoms with Gasteiger partial charge in [-0.3, -0.25) is 14.5 Å². The molecule has 5 heteroatoms. The first-order valence-corrected chi connectivity index (χ1v) is 8.31. The zero-order valence-electron chi connectivity index (χ0n) is 13.1. The summed E-state index contributed by atoms with van der Waals surface area (Å²) in [4.78, 5) is 25.6. The van der Waals surface area contributed by atoms with Crippen molar-refractivity contribution in [3.63, 3.8) is 0 Å². The van der Waals surface area contributed by atoms with Gasteiger partial charge in [0.15, 0.2) is 0 Å². The van der Waals surface area contributed by atoms with Gasteiger partial charge in [0.05, 0.1) is 12.0 Å². The molecule has 1 saturated carbocycles. The van der Waals surface area contributed by atoms with Crippen LogP contribution in [0.25, 0.3) is 0 Å². The fraction of sp³-hybridized carbons (Fsp3) is 0.875. The maximum atomic E-state index is 12.0. The number of likely N-dealkylation sites (tertiary alicyclic amines) is 1. The molecule has 2 rings (SSSR count). The Labute approximate surface area is 127 Å². The summed E-state index contributed by atoms with van der Waals surface area (Å²) in [6.45, 7) is 3.87. The van der Waals surface area contributed by atoms with Crippen molar-refractivity contribution >= 4 is 11.9 Å². The largest absolute Gasteiger partial charge is 0.481 e. The van der Waals surface area contributed by atoms with Gasteiger partial charge < -0.3 is 10.4 Å². The molecular formula is C16H28N2O3. The molecule has 2 fully saturated rings. The molecule has 0 spiro atoms. The second-order valence-corrected chi connectivity index (χ2v) is 6.66. The topological polar surface area (TPSA) is 69.6 Å². The molecule has 2 aliphatic rings. The summed E-state index contributed by atoms with van der Waals surface area (Å²) in [5.74, 6) is -0.570. The first kappa shape index (κ1) is 16.3. The smallest absolute Gasteiger partial charge is 0.309 e. The number of nitrogens with zero attached hydrogens (tertiary/aromatic N) is 1. The van der Waals surface area contributed by atoms with Gasteiger partial charge in [-0.05, 0) is 45.2 Å². The van der Waals surface area contributed by atoms with Crippen LogP contribution in [-0.2, 0) is 9.59 Å². The van der Waals surface area contributed by atoms with Gasteiger partial charge in [-0.1, -0.05) is 26.2 Å². The molecule has 1 aliphatic carbocycles. The minimum Gasteiger partial charge on any atom is -0.481 e. The first-order valence-electron chi connectivity index (χ1n) is 8.31. The Morgan fingerprint density at radius 1 is 1.24 bits per heavy atom. The molecule has 0 aromatic heterocycles. The van der Waals surface area contributed by atoms with E-state index in [1.807, 2.05) is 6.92 Å². The van der Waals surface area contributed by atoms with Gasteiger partial charge in [0, 0.05) is 6.04 Å². The minimum absolute atomic E-state index is 0.0974. The molecule has 2 N–H and O–H groups in total. The maximum Gasteiger partial charge on any atom is 0.309 e. The van der Waals surface area contributed by atoms with Crippen molar-refractivity contribution in [1.29, 1.82) is 0 Å². The summed E-state index contributed by atoms with van der Waals surface area (Å²) in [7, 11) is 0. The number of carbonyl (C=O) groups excluding carboxylic acids is 1. The van der Waals surface area contributed by atoms with Crippen LogP contribution in [0.5, 0.6) is 0 Å². The van der Waals surface area contributed by atoms with Crippen molar-refractivity contribution in [2.24, 2.45) is 5.41 Å². The zero-order valence-corrected chi connectivity index (χ0v) is 13.1. The van der Waals surface area contributed by atoms with Crippen LogP contribution in [0.2, 0.25) is 0 Å². The van der Waals surface area contributed by atoms with Gasteiger partial charge in [-0.2, -0.15) is 0 Å². The Kier molecular flexibility index (Phi) is 5.62. The number of nitrogens with one attached hydrogen (secondary N) is 1. The molecule has 120 valence electrons. The van der Waals surface area contributed by atoms with Crippen molar-refractivity contribution < 1.29 is 14.7 Å². The van der Waals surface area contributed by atoms with E-state index in [-0.39, 0.29) is 5.91 Å². The van der Waals surface area contributed by atoms with Gasteiger partial charge in [-0.15, -0.1) is 0 Å². The van der Waals surface area contributed by atoms with Gasteiger partial charge in [0.1, 0.15) is 0 Å². The fourth-order valence-corrected chi connectivity index (χ4v) is 3.74. The number of hydrogen-bond acceptors (Lipinski definition) is 3. The van der Waals surface area contributed by atoms with Crippen LogP contribution in [0.15, 0.2) is 0 Å². The number of carboxylic acids is 1. The van der Waals surface area contributed by atoms with Crippen LogP contribution in [0.4, 0.5) is 0 Å². The molecule has 1 saturated heterocycles. The highest BCUT2D eigenvalue weighted by Gasteiger charge is 2.40. The molecule has 0 radical (unpaired) electrons. The summed E-state index contributed by atoms with van der Waals surface area (Å²) in [5.41, 5.74) is -0.562. The molecular weight excluding hydrogens is 268 g/mol. The lowest BCUT2D eigenvalue weighted by Crippen LogP contribution is -2.48. The third-order valence-corrected chi connectivity index (χ3v) is 5.08. The fourth-order valence-electron chi connectivity index (χ4n) is 3.74. The van der Waals surface area contributed by atoms with Gasteiger partial charge in [-0.25, -0.2) is 0 Å². The predicted octanol–water partition coefficient (Wildman–Crippen LogP) is 2.01. The van der Waals surface area contributed by atoms with E-state index >= 15 is 0 Å². The summed E-state index contributed by atoms with van der Waals surface area (Å²) < 4.78 is 0. The van der Waals surface area contributed by atoms with Crippen molar-refractivity contribution in [2.75, 3.05) is 19.6 Å². The van der Waals surface area contributed by atoms with Crippen LogP contribution in [-0.4, -0.2) is 47.6 Å². The van der Waals surface area contributed by atoms with Crippen molar-refractivity contribution in [2.45, 2.75) is 64.3 Å². The second-order valence-electron chi connectivity index (χ2n) is 6.66. The number of amides is 1. The van der Waals surface area contributed by atoms with E-state index in [4.69, 9.17) is 0 Å². The van der Waals surface area contributed by atoms with E-state index in [0.717, 1.165) is 25.7 Å². The van der Waals surface area contributed by atoms with Crippen LogP contribution in [0.3, 0.4) is 0 Å². The lowest BCUT2D eigenvalue weighted by molar-refractivity contribution is -0.152. The predicted molar refractivity (Wildman–Crippen MR) is 81.0 cm³/mol. The Morgan fingerprint density at radius 3 is 2.38 bits per heavy atom. The average molecular weight is 296 g/mol. The number of carbonyl (C=O) groups is 2. The molecule has 0 unspecified atom stereocenters. The Morgan fingerprint density at radius 2 is 1.86 bits per heavy atom. The van der Waals surface area contributed by atoms with E-state index < -0.39 is 11.4 Å². The van der Waals surface area contributed by atoms with E-state index in [0.29, 0.717) is 38.5 Å². The number of aliphatic carboxylic acids is 1. The first-order chi connectivity index (χ1) is 10.1. The number of carboxylic acid groups (broad SMARTS) is 1. The molecule has 1 aliphatic heterocycles. The van der Waals surface area contributed by atoms with Crippen molar-refractivity contribution in [3.05, 3.63) is 0 Å². The van der Waals surface area contributed by atoms with Gasteiger partial charge >= 0.3 is 5.97 Å². The molecule has 1 amide bonds. The molecule has 1 heterocycles. The number of piperidine rings is 1. The maximum absolute atomic E-state index is 12.0. The van der Waals surface area contributed by atoms with Crippen molar-refractivity contribution in [3.8, 4) is 0 Å². The highest BCUT2D eigenvalue weighted by Crippen LogP contribution is 2.36. The highest BCUT2D eigenvalue weighted by molar-refractivity contribution is 5.78. The lowest BCUT2D eigenvalue weighted by Gasteiger charge is -2.38. The molecule has 0 aromatic rings. The summed E-state index contributed by atoms with van der Waals surface area (Å²) >= 11 is 0. The lowest BCUT2D eigenvalue weighted by atomic mass is 9.75. The van der Waals surface area contributed by atoms with Crippen LogP contribution < -0.4 is 5.32 Å². The van der Waals surface area contributed by atoms with E-state index in [1.165, 1.54) is 12.8 Å². The summed E-state index contributed by atoms with van der Waals surface area (Å²) in [5, 5.41) is 12.6. The molecule has 5 nitrogen and oxygen atoms in total. The molecule has 21 heavy (non-hydrogen) atoms. The average Bonchev–Trinajstić information content (AvgIpc) is 2.94. The van der Waals surface area contributed by atoms with Crippen molar-refractivity contribution in [1.82, 2.24) is 10.2 Å². The monoisotopic (exact) mass is 296 g/mol. The zero-order chi connectivity index (χ0) is 15.3. The van der Waals surface area contributed by atoms with Crippen LogP contribution >= 0.6 is 0 Å². The standard InChI is InChI=1S/C16H28N2O3/c1-2-7-16(15(20)21)8-10-18(11-9-16)12-14(19)17-13-5-3-4-6-13/h13H,2-12H2,1H3,(H,17,19)(H,20,21). The van der Waals surface area contributed by atoms with Gasteiger partial charge in [0.2, 0.25) is 5.91 Å². The van der Waals surface area contributed by atoms with Gasteiger partial charge in [0.25, 0.3) is 0 Å². The molecule has 0 bridgehead atoms. The summed E-state index contributed by atoms with van der Waals surface area (Å²) in [6.07, 6.45) is 7.59.